The van der Waals surface area contributed by atoms with Crippen LogP contribution >= 0.6 is 0 Å². The van der Waals surface area contributed by atoms with E-state index in [0.29, 0.717) is 18.9 Å². The maximum Gasteiger partial charge on any atom is 0.246 e. The molecule has 0 aliphatic carbocycles. The molecule has 0 aromatic heterocycles. The average Bonchev–Trinajstić information content (AvgIpc) is 2.56. The lowest BCUT2D eigenvalue weighted by molar-refractivity contribution is -0.136. The van der Waals surface area contributed by atoms with Gasteiger partial charge in [-0.15, -0.1) is 0 Å². The fourth-order valence-electron chi connectivity index (χ4n) is 1.34. The Kier molecular flexibility index (Phi) is 4.90. The van der Waals surface area contributed by atoms with E-state index in [1.165, 1.54) is 0 Å². The van der Waals surface area contributed by atoms with E-state index in [1.54, 1.807) is 0 Å². The molecule has 0 aromatic rings. The minimum atomic E-state index is -0.0856. The number of carbonyl (C=O) groups excluding carboxylic acids is 1. The van der Waals surface area contributed by atoms with E-state index in [9.17, 15) is 4.79 Å². The quantitative estimate of drug-likeness (QED) is 0.681. The Labute approximate surface area is 84.9 Å². The highest BCUT2D eigenvalue weighted by atomic mass is 16.7. The summed E-state index contributed by atoms with van der Waals surface area (Å²) < 4.78 is 5.33. The predicted molar refractivity (Wildman–Crippen MR) is 52.5 cm³/mol. The molecule has 0 aromatic carbocycles. The summed E-state index contributed by atoms with van der Waals surface area (Å²) in [6.07, 6.45) is 2.55. The summed E-state index contributed by atoms with van der Waals surface area (Å²) in [7, 11) is 0. The van der Waals surface area contributed by atoms with Gasteiger partial charge in [0.25, 0.3) is 0 Å². The predicted octanol–water partition coefficient (Wildman–Crippen LogP) is 1.26. The van der Waals surface area contributed by atoms with Crippen LogP contribution in [0, 0.1) is 5.92 Å². The molecular formula is C10H19NO3. The molecule has 0 bridgehead atoms. The summed E-state index contributed by atoms with van der Waals surface area (Å²) in [5.74, 6) is 0.343. The third-order valence-electron chi connectivity index (χ3n) is 2.04. The van der Waals surface area contributed by atoms with Crippen LogP contribution in [0.2, 0.25) is 0 Å². The van der Waals surface area contributed by atoms with Crippen LogP contribution in [0.4, 0.5) is 0 Å². The number of amides is 1. The lowest BCUT2D eigenvalue weighted by Gasteiger charge is -2.10. The summed E-state index contributed by atoms with van der Waals surface area (Å²) in [4.78, 5) is 16.3. The second-order valence-corrected chi connectivity index (χ2v) is 4.07. The van der Waals surface area contributed by atoms with Crippen molar-refractivity contribution in [1.29, 1.82) is 0 Å². The van der Waals surface area contributed by atoms with Gasteiger partial charge in [0, 0.05) is 6.61 Å². The molecule has 1 aliphatic heterocycles. The van der Waals surface area contributed by atoms with Gasteiger partial charge in [0.15, 0.2) is 0 Å². The topological polar surface area (TPSA) is 47.6 Å². The molecule has 1 fully saturated rings. The van der Waals surface area contributed by atoms with Gasteiger partial charge in [-0.25, -0.2) is 5.48 Å². The van der Waals surface area contributed by atoms with E-state index < -0.39 is 0 Å². The Bertz CT molecular complexity index is 176. The number of ether oxygens (including phenoxy) is 1. The van der Waals surface area contributed by atoms with E-state index in [4.69, 9.17) is 9.57 Å². The fraction of sp³-hybridized carbons (Fsp3) is 0.900. The number of rotatable bonds is 5. The summed E-state index contributed by atoms with van der Waals surface area (Å²) in [6.45, 7) is 5.40. The average molecular weight is 201 g/mol. The number of carbonyl (C=O) groups is 1. The van der Waals surface area contributed by atoms with Gasteiger partial charge in [-0.05, 0) is 18.8 Å². The largest absolute Gasteiger partial charge is 0.378 e. The Morgan fingerprint density at radius 1 is 1.64 bits per heavy atom. The molecule has 1 atom stereocenters. The van der Waals surface area contributed by atoms with Crippen LogP contribution in [0.3, 0.4) is 0 Å². The van der Waals surface area contributed by atoms with Gasteiger partial charge >= 0.3 is 0 Å². The first-order valence-corrected chi connectivity index (χ1v) is 5.20. The van der Waals surface area contributed by atoms with Gasteiger partial charge in [0.1, 0.15) is 0 Å². The normalized spacial score (nSPS) is 21.5. The van der Waals surface area contributed by atoms with Gasteiger partial charge in [-0.1, -0.05) is 13.8 Å². The Morgan fingerprint density at radius 3 is 3.00 bits per heavy atom. The fourth-order valence-corrected chi connectivity index (χ4v) is 1.34. The molecule has 0 radical (unpaired) electrons. The number of hydroxylamine groups is 1. The van der Waals surface area contributed by atoms with Gasteiger partial charge in [0.05, 0.1) is 19.1 Å². The van der Waals surface area contributed by atoms with Gasteiger partial charge in [0.2, 0.25) is 5.91 Å². The highest BCUT2D eigenvalue weighted by Gasteiger charge is 2.18. The molecule has 1 unspecified atom stereocenters. The van der Waals surface area contributed by atoms with Crippen LogP contribution < -0.4 is 5.48 Å². The lowest BCUT2D eigenvalue weighted by Crippen LogP contribution is -2.28. The second kappa shape index (κ2) is 5.98. The first-order chi connectivity index (χ1) is 6.68. The first-order valence-electron chi connectivity index (χ1n) is 5.20. The maximum atomic E-state index is 11.3. The van der Waals surface area contributed by atoms with Gasteiger partial charge < -0.3 is 4.74 Å². The first kappa shape index (κ1) is 11.5. The summed E-state index contributed by atoms with van der Waals surface area (Å²) >= 11 is 0. The number of hydrogen-bond acceptors (Lipinski definition) is 3. The molecule has 4 nitrogen and oxygen atoms in total. The molecule has 1 saturated heterocycles. The van der Waals surface area contributed by atoms with Crippen molar-refractivity contribution < 1.29 is 14.4 Å². The van der Waals surface area contributed by atoms with Crippen molar-refractivity contribution in [3.8, 4) is 0 Å². The zero-order valence-electron chi connectivity index (χ0n) is 8.91. The van der Waals surface area contributed by atoms with Crippen molar-refractivity contribution >= 4 is 5.91 Å². The van der Waals surface area contributed by atoms with Crippen LogP contribution in [0.5, 0.6) is 0 Å². The second-order valence-electron chi connectivity index (χ2n) is 4.07. The van der Waals surface area contributed by atoms with Gasteiger partial charge in [-0.3, -0.25) is 9.63 Å². The summed E-state index contributed by atoms with van der Waals surface area (Å²) in [6, 6.07) is 0. The molecular weight excluding hydrogens is 182 g/mol. The maximum absolute atomic E-state index is 11.3. The van der Waals surface area contributed by atoms with E-state index in [1.807, 2.05) is 13.8 Å². The van der Waals surface area contributed by atoms with Crippen LogP contribution in [-0.4, -0.2) is 25.2 Å². The van der Waals surface area contributed by atoms with Crippen LogP contribution in [-0.2, 0) is 14.4 Å². The van der Waals surface area contributed by atoms with Crippen molar-refractivity contribution in [2.45, 2.75) is 39.2 Å². The third-order valence-corrected chi connectivity index (χ3v) is 2.04. The molecule has 4 heteroatoms. The molecule has 82 valence electrons. The minimum Gasteiger partial charge on any atom is -0.378 e. The Morgan fingerprint density at radius 2 is 2.43 bits per heavy atom. The molecule has 14 heavy (non-hydrogen) atoms. The van der Waals surface area contributed by atoms with E-state index in [0.717, 1.165) is 19.4 Å². The summed E-state index contributed by atoms with van der Waals surface area (Å²) in [5.41, 5.74) is 2.42. The van der Waals surface area contributed by atoms with E-state index in [-0.39, 0.29) is 12.0 Å². The molecule has 0 spiro atoms. The lowest BCUT2D eigenvalue weighted by atomic mass is 10.2. The van der Waals surface area contributed by atoms with Gasteiger partial charge in [-0.2, -0.15) is 0 Å². The smallest absolute Gasteiger partial charge is 0.246 e. The van der Waals surface area contributed by atoms with Crippen molar-refractivity contribution in [2.75, 3.05) is 13.2 Å². The van der Waals surface area contributed by atoms with E-state index in [2.05, 4.69) is 5.48 Å². The van der Waals surface area contributed by atoms with Crippen LogP contribution in [0.25, 0.3) is 0 Å². The minimum absolute atomic E-state index is 0.0856. The molecule has 1 heterocycles. The van der Waals surface area contributed by atoms with Crippen molar-refractivity contribution in [2.24, 2.45) is 5.92 Å². The number of nitrogens with one attached hydrogen (secondary N) is 1. The van der Waals surface area contributed by atoms with Crippen LogP contribution in [0.1, 0.15) is 33.1 Å². The molecule has 0 saturated carbocycles. The number of hydrogen-bond donors (Lipinski definition) is 1. The van der Waals surface area contributed by atoms with Crippen molar-refractivity contribution in [1.82, 2.24) is 5.48 Å². The molecule has 1 N–H and O–H groups in total. The Hall–Kier alpha value is -0.610. The highest BCUT2D eigenvalue weighted by molar-refractivity contribution is 5.75. The van der Waals surface area contributed by atoms with Crippen molar-refractivity contribution in [3.05, 3.63) is 0 Å². The highest BCUT2D eigenvalue weighted by Crippen LogP contribution is 2.14. The SMILES string of the molecule is CC(C)CONC(=O)CC1CCCO1. The Balaban J connectivity index is 2.03. The van der Waals surface area contributed by atoms with Crippen molar-refractivity contribution in [3.63, 3.8) is 0 Å². The summed E-state index contributed by atoms with van der Waals surface area (Å²) in [5, 5.41) is 0. The van der Waals surface area contributed by atoms with E-state index >= 15 is 0 Å². The monoisotopic (exact) mass is 201 g/mol. The zero-order chi connectivity index (χ0) is 10.4. The molecule has 1 aliphatic rings. The molecule has 1 rings (SSSR count). The zero-order valence-corrected chi connectivity index (χ0v) is 8.91. The molecule has 1 amide bonds. The van der Waals surface area contributed by atoms with Crippen LogP contribution in [0.15, 0.2) is 0 Å². The standard InChI is InChI=1S/C10H19NO3/c1-8(2)7-14-11-10(12)6-9-4-3-5-13-9/h8-9H,3-7H2,1-2H3,(H,11,12). The third kappa shape index (κ3) is 4.58.